The Kier molecular flexibility index (Phi) is 5.35. The number of carbonyl (C=O) groups excluding carboxylic acids is 3. The number of anilines is 1. The van der Waals surface area contributed by atoms with Gasteiger partial charge >= 0.3 is 5.91 Å². The normalized spacial score (nSPS) is 17.2. The highest BCUT2D eigenvalue weighted by Crippen LogP contribution is 2.33. The first-order chi connectivity index (χ1) is 18.3. The number of Topliss-reactive ketones (excluding diaryl/α,β-unsaturated/α-hetero) is 1. The molecule has 0 aliphatic carbocycles. The molecule has 38 heavy (non-hydrogen) atoms. The van der Waals surface area contributed by atoms with Gasteiger partial charge < -0.3 is 4.42 Å². The maximum Gasteiger partial charge on any atom is 0.302 e. The summed E-state index contributed by atoms with van der Waals surface area (Å²) in [7, 11) is 0. The highest BCUT2D eigenvalue weighted by molar-refractivity contribution is 6.67. The fourth-order valence-corrected chi connectivity index (χ4v) is 4.43. The van der Waals surface area contributed by atoms with Crippen LogP contribution in [0.2, 0.25) is 5.02 Å². The Balaban J connectivity index is 1.61. The number of carbonyl (C=O) groups is 3. The number of imide groups is 1. The average molecular weight is 528 g/mol. The molecule has 6 rings (SSSR count). The van der Waals surface area contributed by atoms with Crippen LogP contribution in [0.25, 0.3) is 21.9 Å². The van der Waals surface area contributed by atoms with Crippen molar-refractivity contribution in [1.82, 2.24) is 15.2 Å². The van der Waals surface area contributed by atoms with E-state index in [1.165, 1.54) is 42.5 Å². The molecule has 2 amide bonds. The number of ketones is 1. The highest BCUT2D eigenvalue weighted by Gasteiger charge is 2.49. The van der Waals surface area contributed by atoms with Gasteiger partial charge in [0.05, 0.1) is 22.1 Å². The Morgan fingerprint density at radius 2 is 1.58 bits per heavy atom. The van der Waals surface area contributed by atoms with Crippen molar-refractivity contribution in [1.29, 1.82) is 0 Å². The zero-order chi connectivity index (χ0) is 26.6. The summed E-state index contributed by atoms with van der Waals surface area (Å²) >= 11 is 5.95. The van der Waals surface area contributed by atoms with Gasteiger partial charge in [0.1, 0.15) is 11.2 Å². The van der Waals surface area contributed by atoms with Gasteiger partial charge in [-0.1, -0.05) is 29.8 Å². The molecule has 1 unspecified atom stereocenters. The van der Waals surface area contributed by atoms with E-state index in [0.717, 1.165) is 0 Å². The Hall–Kier alpha value is -5.16. The fourth-order valence-electron chi connectivity index (χ4n) is 4.30. The largest absolute Gasteiger partial charge is 0.439 e. The lowest BCUT2D eigenvalue weighted by Crippen LogP contribution is -2.54. The van der Waals surface area contributed by atoms with Gasteiger partial charge in [-0.05, 0) is 48.5 Å². The molecule has 1 saturated heterocycles. The lowest BCUT2D eigenvalue weighted by atomic mass is 9.91. The van der Waals surface area contributed by atoms with Crippen LogP contribution in [0.4, 0.5) is 11.4 Å². The predicted octanol–water partition coefficient (Wildman–Crippen LogP) is 3.01. The van der Waals surface area contributed by atoms with Gasteiger partial charge in [-0.25, -0.2) is 14.9 Å². The number of amides is 2. The standard InChI is InChI=1S/C26H14ClN5O6/c27-12-8-10-13(11-9-12)32-25(36)20(28-16-6-3-4-14-18(16)23(35)31-30-22(14)34)19(21(33)26(32)37)24-29-15-5-1-2-7-17(15)38-24/h1-11,19H,(H,30,34)(H,31,35). The van der Waals surface area contributed by atoms with Gasteiger partial charge in [-0.2, -0.15) is 0 Å². The molecule has 1 fully saturated rings. The molecule has 3 heterocycles. The minimum atomic E-state index is -1.60. The topological polar surface area (TPSA) is 159 Å². The first-order valence-corrected chi connectivity index (χ1v) is 11.6. The molecule has 1 aliphatic rings. The first kappa shape index (κ1) is 23.3. The lowest BCUT2D eigenvalue weighted by Gasteiger charge is -2.28. The van der Waals surface area contributed by atoms with Crippen molar-refractivity contribution in [2.45, 2.75) is 5.92 Å². The fraction of sp³-hybridized carbons (Fsp3) is 0.0385. The summed E-state index contributed by atoms with van der Waals surface area (Å²) in [5.74, 6) is -4.86. The first-order valence-electron chi connectivity index (χ1n) is 11.2. The van der Waals surface area contributed by atoms with Crippen molar-refractivity contribution in [3.63, 3.8) is 0 Å². The van der Waals surface area contributed by atoms with Crippen molar-refractivity contribution in [2.75, 3.05) is 4.90 Å². The Bertz CT molecular complexity index is 1920. The average Bonchev–Trinajstić information content (AvgIpc) is 3.34. The van der Waals surface area contributed by atoms with Crippen molar-refractivity contribution in [2.24, 2.45) is 4.99 Å². The van der Waals surface area contributed by atoms with Crippen LogP contribution in [0.3, 0.4) is 0 Å². The number of hydrogen-bond acceptors (Lipinski definition) is 8. The number of hydrogen-bond donors (Lipinski definition) is 2. The number of halogens is 1. The number of rotatable bonds is 3. The molecule has 2 aromatic heterocycles. The van der Waals surface area contributed by atoms with Crippen LogP contribution in [0, 0.1) is 0 Å². The van der Waals surface area contributed by atoms with Crippen molar-refractivity contribution in [3.05, 3.63) is 98.4 Å². The third-order valence-corrected chi connectivity index (χ3v) is 6.31. The van der Waals surface area contributed by atoms with E-state index in [0.29, 0.717) is 21.0 Å². The Morgan fingerprint density at radius 3 is 2.34 bits per heavy atom. The van der Waals surface area contributed by atoms with Gasteiger partial charge in [-0.15, -0.1) is 0 Å². The van der Waals surface area contributed by atoms with Gasteiger partial charge in [-0.3, -0.25) is 34.2 Å². The molecule has 1 atom stereocenters. The molecular weight excluding hydrogens is 514 g/mol. The second-order valence-corrected chi connectivity index (χ2v) is 8.78. The van der Waals surface area contributed by atoms with E-state index in [9.17, 15) is 24.0 Å². The zero-order valence-electron chi connectivity index (χ0n) is 19.1. The third-order valence-electron chi connectivity index (χ3n) is 6.06. The van der Waals surface area contributed by atoms with Gasteiger partial charge in [0, 0.05) is 5.02 Å². The summed E-state index contributed by atoms with van der Waals surface area (Å²) in [5, 5.41) is 4.73. The minimum Gasteiger partial charge on any atom is -0.439 e. The number of fused-ring (bicyclic) bond motifs is 2. The van der Waals surface area contributed by atoms with Gasteiger partial charge in [0.25, 0.3) is 17.0 Å². The van der Waals surface area contributed by atoms with Crippen LogP contribution in [-0.2, 0) is 14.4 Å². The second kappa shape index (κ2) is 8.75. The number of piperidine rings is 1. The summed E-state index contributed by atoms with van der Waals surface area (Å²) in [4.78, 5) is 74.9. The number of aromatic nitrogens is 3. The van der Waals surface area contributed by atoms with Crippen LogP contribution in [0.1, 0.15) is 11.8 Å². The Labute approximate surface area is 216 Å². The van der Waals surface area contributed by atoms with E-state index in [1.54, 1.807) is 24.3 Å². The number of aromatic amines is 2. The lowest BCUT2D eigenvalue weighted by molar-refractivity contribution is -0.139. The quantitative estimate of drug-likeness (QED) is 0.269. The molecule has 0 radical (unpaired) electrons. The number of nitrogens with one attached hydrogen (secondary N) is 2. The molecule has 3 aromatic carbocycles. The number of benzene rings is 3. The molecular formula is C26H14ClN5O6. The van der Waals surface area contributed by atoms with Crippen LogP contribution < -0.4 is 16.0 Å². The van der Waals surface area contributed by atoms with Crippen molar-refractivity contribution in [3.8, 4) is 0 Å². The van der Waals surface area contributed by atoms with Gasteiger partial charge in [0.15, 0.2) is 11.5 Å². The van der Waals surface area contributed by atoms with Crippen LogP contribution >= 0.6 is 11.6 Å². The van der Waals surface area contributed by atoms with Crippen molar-refractivity contribution >= 4 is 68.2 Å². The van der Waals surface area contributed by atoms with Crippen molar-refractivity contribution < 1.29 is 18.8 Å². The van der Waals surface area contributed by atoms with Crippen LogP contribution in [0.15, 0.2) is 85.7 Å². The summed E-state index contributed by atoms with van der Waals surface area (Å²) in [6, 6.07) is 16.7. The number of aliphatic imine (C=N–C) groups is 1. The van der Waals surface area contributed by atoms with Gasteiger partial charge in [0.2, 0.25) is 11.7 Å². The van der Waals surface area contributed by atoms with E-state index in [1.807, 2.05) is 0 Å². The second-order valence-electron chi connectivity index (χ2n) is 8.34. The summed E-state index contributed by atoms with van der Waals surface area (Å²) in [6.07, 6.45) is 0. The molecule has 1 aliphatic heterocycles. The molecule has 2 N–H and O–H groups in total. The SMILES string of the molecule is O=C1C(=O)N(c2ccc(Cl)cc2)C(=O)C(=Nc2cccc3c(=O)[nH][nH]c(=O)c23)C1c1nc2ccccc2o1. The smallest absolute Gasteiger partial charge is 0.302 e. The van der Waals surface area contributed by atoms with E-state index in [4.69, 9.17) is 16.0 Å². The monoisotopic (exact) mass is 527 g/mol. The number of nitrogens with zero attached hydrogens (tertiary/aromatic N) is 3. The highest BCUT2D eigenvalue weighted by atomic mass is 35.5. The summed E-state index contributed by atoms with van der Waals surface area (Å²) in [6.45, 7) is 0. The molecule has 0 bridgehead atoms. The molecule has 5 aromatic rings. The number of H-pyrrole nitrogens is 2. The number of para-hydroxylation sites is 2. The maximum atomic E-state index is 13.8. The van der Waals surface area contributed by atoms with Crippen LogP contribution in [-0.4, -0.2) is 38.5 Å². The van der Waals surface area contributed by atoms with Crippen LogP contribution in [0.5, 0.6) is 0 Å². The Morgan fingerprint density at radius 1 is 0.842 bits per heavy atom. The van der Waals surface area contributed by atoms with E-state index in [2.05, 4.69) is 20.2 Å². The molecule has 0 spiro atoms. The van der Waals surface area contributed by atoms with E-state index >= 15 is 0 Å². The number of oxazole rings is 1. The molecule has 186 valence electrons. The molecule has 11 nitrogen and oxygen atoms in total. The molecule has 0 saturated carbocycles. The summed E-state index contributed by atoms with van der Waals surface area (Å²) < 4.78 is 5.75. The third kappa shape index (κ3) is 3.64. The van der Waals surface area contributed by atoms with E-state index in [-0.39, 0.29) is 28.0 Å². The predicted molar refractivity (Wildman–Crippen MR) is 138 cm³/mol. The maximum absolute atomic E-state index is 13.8. The van der Waals surface area contributed by atoms with E-state index < -0.39 is 40.3 Å². The minimum absolute atomic E-state index is 0.0224. The molecule has 12 heteroatoms. The summed E-state index contributed by atoms with van der Waals surface area (Å²) in [5.41, 5.74) is -0.889. The zero-order valence-corrected chi connectivity index (χ0v) is 19.9.